The van der Waals surface area contributed by atoms with E-state index in [1.54, 1.807) is 0 Å². The molecule has 0 unspecified atom stereocenters. The molecular weight excluding hydrogens is 214 g/mol. The Bertz CT molecular complexity index is 375. The molecule has 0 saturated heterocycles. The molecule has 3 nitrogen and oxygen atoms in total. The Labute approximate surface area is 103 Å². The molecule has 0 aliphatic heterocycles. The van der Waals surface area contributed by atoms with Gasteiger partial charge in [0.15, 0.2) is 0 Å². The number of hydrogen-bond donors (Lipinski definition) is 1. The van der Waals surface area contributed by atoms with Crippen molar-refractivity contribution in [1.82, 2.24) is 4.98 Å². The van der Waals surface area contributed by atoms with E-state index in [-0.39, 0.29) is 5.97 Å². The Morgan fingerprint density at radius 3 is 2.76 bits per heavy atom. The Hall–Kier alpha value is -1.25. The molecule has 1 aliphatic rings. The van der Waals surface area contributed by atoms with E-state index in [1.165, 1.54) is 25.7 Å². The zero-order valence-corrected chi connectivity index (χ0v) is 10.7. The Kier molecular flexibility index (Phi) is 3.87. The van der Waals surface area contributed by atoms with Crippen molar-refractivity contribution in [1.29, 1.82) is 0 Å². The van der Waals surface area contributed by atoms with E-state index in [1.807, 2.05) is 19.2 Å². The molecular formula is C14H21NO2. The van der Waals surface area contributed by atoms with Crippen molar-refractivity contribution in [2.24, 2.45) is 5.92 Å². The summed E-state index contributed by atoms with van der Waals surface area (Å²) in [7, 11) is 0. The lowest BCUT2D eigenvalue weighted by molar-refractivity contribution is 0.0518. The highest BCUT2D eigenvalue weighted by Crippen LogP contribution is 2.36. The number of aromatic amines is 1. The van der Waals surface area contributed by atoms with Crippen molar-refractivity contribution in [3.05, 3.63) is 23.5 Å². The van der Waals surface area contributed by atoms with Gasteiger partial charge in [0.1, 0.15) is 5.69 Å². The van der Waals surface area contributed by atoms with Gasteiger partial charge >= 0.3 is 5.97 Å². The zero-order chi connectivity index (χ0) is 12.3. The SMILES string of the molecule is CCOC(=O)c1[nH]ccc1C1CCC(C)CC1. The van der Waals surface area contributed by atoms with E-state index in [9.17, 15) is 4.79 Å². The van der Waals surface area contributed by atoms with Crippen LogP contribution in [-0.2, 0) is 4.74 Å². The number of carbonyl (C=O) groups excluding carboxylic acids is 1. The van der Waals surface area contributed by atoms with Crippen molar-refractivity contribution in [2.45, 2.75) is 45.4 Å². The number of hydrogen-bond acceptors (Lipinski definition) is 2. The van der Waals surface area contributed by atoms with Crippen molar-refractivity contribution in [3.8, 4) is 0 Å². The molecule has 0 aromatic carbocycles. The quantitative estimate of drug-likeness (QED) is 0.815. The van der Waals surface area contributed by atoms with Gasteiger partial charge in [-0.15, -0.1) is 0 Å². The molecule has 1 saturated carbocycles. The minimum atomic E-state index is -0.217. The molecule has 1 aliphatic carbocycles. The summed E-state index contributed by atoms with van der Waals surface area (Å²) in [4.78, 5) is 14.8. The number of H-pyrrole nitrogens is 1. The van der Waals surface area contributed by atoms with Crippen LogP contribution in [0.15, 0.2) is 12.3 Å². The van der Waals surface area contributed by atoms with Crippen LogP contribution < -0.4 is 0 Å². The number of aromatic nitrogens is 1. The molecule has 1 aromatic heterocycles. The molecule has 3 heteroatoms. The topological polar surface area (TPSA) is 42.1 Å². The van der Waals surface area contributed by atoms with Gasteiger partial charge < -0.3 is 9.72 Å². The standard InChI is InChI=1S/C14H21NO2/c1-3-17-14(16)13-12(8-9-15-13)11-6-4-10(2)5-7-11/h8-11,15H,3-7H2,1-2H3. The van der Waals surface area contributed by atoms with E-state index >= 15 is 0 Å². The summed E-state index contributed by atoms with van der Waals surface area (Å²) in [5, 5.41) is 0. The van der Waals surface area contributed by atoms with Gasteiger partial charge in [-0.25, -0.2) is 4.79 Å². The van der Waals surface area contributed by atoms with Crippen LogP contribution >= 0.6 is 0 Å². The fourth-order valence-corrected chi connectivity index (χ4v) is 2.67. The molecule has 17 heavy (non-hydrogen) atoms. The van der Waals surface area contributed by atoms with Gasteiger partial charge in [-0.2, -0.15) is 0 Å². The highest BCUT2D eigenvalue weighted by Gasteiger charge is 2.25. The minimum absolute atomic E-state index is 0.217. The monoisotopic (exact) mass is 235 g/mol. The van der Waals surface area contributed by atoms with Gasteiger partial charge in [-0.1, -0.05) is 19.8 Å². The first-order chi connectivity index (χ1) is 8.22. The molecule has 0 atom stereocenters. The second-order valence-corrected chi connectivity index (χ2v) is 4.99. The number of nitrogens with one attached hydrogen (secondary N) is 1. The molecule has 1 N–H and O–H groups in total. The lowest BCUT2D eigenvalue weighted by atomic mass is 9.79. The van der Waals surface area contributed by atoms with Crippen LogP contribution in [0.3, 0.4) is 0 Å². The molecule has 0 radical (unpaired) electrons. The number of rotatable bonds is 3. The predicted molar refractivity (Wildman–Crippen MR) is 67.1 cm³/mol. The van der Waals surface area contributed by atoms with Crippen LogP contribution in [0.25, 0.3) is 0 Å². The van der Waals surface area contributed by atoms with Crippen LogP contribution in [0.2, 0.25) is 0 Å². The fourth-order valence-electron chi connectivity index (χ4n) is 2.67. The number of ether oxygens (including phenoxy) is 1. The molecule has 1 aromatic rings. The summed E-state index contributed by atoms with van der Waals surface area (Å²) >= 11 is 0. The summed E-state index contributed by atoms with van der Waals surface area (Å²) in [6.45, 7) is 4.57. The van der Waals surface area contributed by atoms with E-state index in [0.29, 0.717) is 18.2 Å². The van der Waals surface area contributed by atoms with E-state index in [2.05, 4.69) is 11.9 Å². The van der Waals surface area contributed by atoms with Gasteiger partial charge in [0, 0.05) is 6.20 Å². The Balaban J connectivity index is 2.10. The maximum atomic E-state index is 11.8. The van der Waals surface area contributed by atoms with Crippen LogP contribution in [-0.4, -0.2) is 17.6 Å². The first-order valence-corrected chi connectivity index (χ1v) is 6.56. The molecule has 94 valence electrons. The highest BCUT2D eigenvalue weighted by molar-refractivity contribution is 5.89. The molecule has 0 amide bonds. The number of carbonyl (C=O) groups is 1. The second kappa shape index (κ2) is 5.39. The summed E-state index contributed by atoms with van der Waals surface area (Å²) in [6.07, 6.45) is 6.74. The maximum Gasteiger partial charge on any atom is 0.355 e. The average Bonchev–Trinajstić information content (AvgIpc) is 2.79. The van der Waals surface area contributed by atoms with Crippen LogP contribution in [0.5, 0.6) is 0 Å². The average molecular weight is 235 g/mol. The van der Waals surface area contributed by atoms with Crippen molar-refractivity contribution in [2.75, 3.05) is 6.61 Å². The second-order valence-electron chi connectivity index (χ2n) is 4.99. The molecule has 1 heterocycles. The Morgan fingerprint density at radius 2 is 2.12 bits per heavy atom. The third kappa shape index (κ3) is 2.71. The first kappa shape index (κ1) is 12.2. The van der Waals surface area contributed by atoms with Crippen LogP contribution in [0, 0.1) is 5.92 Å². The molecule has 0 bridgehead atoms. The summed E-state index contributed by atoms with van der Waals surface area (Å²) in [6, 6.07) is 2.03. The minimum Gasteiger partial charge on any atom is -0.461 e. The van der Waals surface area contributed by atoms with Crippen LogP contribution in [0.4, 0.5) is 0 Å². The summed E-state index contributed by atoms with van der Waals surface area (Å²) in [5.41, 5.74) is 1.81. The predicted octanol–water partition coefficient (Wildman–Crippen LogP) is 3.49. The largest absolute Gasteiger partial charge is 0.461 e. The smallest absolute Gasteiger partial charge is 0.355 e. The fraction of sp³-hybridized carbons (Fsp3) is 0.643. The first-order valence-electron chi connectivity index (χ1n) is 6.56. The highest BCUT2D eigenvalue weighted by atomic mass is 16.5. The number of esters is 1. The van der Waals surface area contributed by atoms with E-state index in [0.717, 1.165) is 11.5 Å². The Morgan fingerprint density at radius 1 is 1.41 bits per heavy atom. The van der Waals surface area contributed by atoms with Gasteiger partial charge in [-0.05, 0) is 43.2 Å². The van der Waals surface area contributed by atoms with E-state index in [4.69, 9.17) is 4.74 Å². The molecule has 1 fully saturated rings. The lowest BCUT2D eigenvalue weighted by Crippen LogP contribution is -2.14. The summed E-state index contributed by atoms with van der Waals surface area (Å²) < 4.78 is 5.07. The van der Waals surface area contributed by atoms with Crippen molar-refractivity contribution < 1.29 is 9.53 Å². The lowest BCUT2D eigenvalue weighted by Gasteiger charge is -2.26. The van der Waals surface area contributed by atoms with Gasteiger partial charge in [-0.3, -0.25) is 0 Å². The van der Waals surface area contributed by atoms with Crippen LogP contribution in [0.1, 0.15) is 61.5 Å². The normalized spacial score (nSPS) is 24.6. The van der Waals surface area contributed by atoms with E-state index < -0.39 is 0 Å². The summed E-state index contributed by atoms with van der Waals surface area (Å²) in [5.74, 6) is 1.14. The third-order valence-electron chi connectivity index (χ3n) is 3.71. The van der Waals surface area contributed by atoms with Crippen molar-refractivity contribution >= 4 is 5.97 Å². The van der Waals surface area contributed by atoms with Gasteiger partial charge in [0.05, 0.1) is 6.61 Å². The zero-order valence-electron chi connectivity index (χ0n) is 10.7. The van der Waals surface area contributed by atoms with Gasteiger partial charge in [0.25, 0.3) is 0 Å². The third-order valence-corrected chi connectivity index (χ3v) is 3.71. The maximum absolute atomic E-state index is 11.8. The van der Waals surface area contributed by atoms with Gasteiger partial charge in [0.2, 0.25) is 0 Å². The molecule has 0 spiro atoms. The van der Waals surface area contributed by atoms with Crippen molar-refractivity contribution in [3.63, 3.8) is 0 Å². The molecule has 2 rings (SSSR count).